The molecule has 0 heterocycles. The molecule has 2 rings (SSSR count). The molecule has 0 amide bonds. The lowest BCUT2D eigenvalue weighted by Crippen LogP contribution is -2.25. The van der Waals surface area contributed by atoms with Crippen LogP contribution in [0.4, 0.5) is 5.69 Å². The maximum absolute atomic E-state index is 12.1. The number of nitrogens with zero attached hydrogens (tertiary/aromatic N) is 1. The van der Waals surface area contributed by atoms with Crippen molar-refractivity contribution in [2.45, 2.75) is 11.3 Å². The molecule has 0 aliphatic rings. The summed E-state index contributed by atoms with van der Waals surface area (Å²) in [5, 5.41) is 19.5. The minimum Gasteiger partial charge on any atom is -0.494 e. The van der Waals surface area contributed by atoms with Crippen molar-refractivity contribution in [1.29, 1.82) is 0 Å². The molecule has 0 aromatic heterocycles. The van der Waals surface area contributed by atoms with Gasteiger partial charge in [-0.2, -0.15) is 0 Å². The van der Waals surface area contributed by atoms with E-state index in [-0.39, 0.29) is 29.3 Å². The van der Waals surface area contributed by atoms with E-state index in [1.165, 1.54) is 12.1 Å². The van der Waals surface area contributed by atoms with Gasteiger partial charge in [0.15, 0.2) is 0 Å². The van der Waals surface area contributed by atoms with Crippen molar-refractivity contribution in [1.82, 2.24) is 4.72 Å². The number of aromatic carboxylic acids is 1. The van der Waals surface area contributed by atoms with Gasteiger partial charge in [0.1, 0.15) is 5.75 Å². The highest BCUT2D eigenvalue weighted by Gasteiger charge is 2.15. The van der Waals surface area contributed by atoms with Crippen molar-refractivity contribution < 1.29 is 28.0 Å². The van der Waals surface area contributed by atoms with Gasteiger partial charge in [-0.25, -0.2) is 17.9 Å². The largest absolute Gasteiger partial charge is 0.494 e. The van der Waals surface area contributed by atoms with Gasteiger partial charge in [0.05, 0.1) is 22.0 Å². The molecular formula is C16H16N2O7S. The molecule has 0 spiro atoms. The molecule has 2 N–H and O–H groups in total. The Hall–Kier alpha value is -2.98. The first-order valence-electron chi connectivity index (χ1n) is 7.50. The minimum atomic E-state index is -3.77. The molecule has 0 fully saturated rings. The molecule has 0 atom stereocenters. The van der Waals surface area contributed by atoms with Crippen LogP contribution in [0.2, 0.25) is 0 Å². The first-order valence-corrected chi connectivity index (χ1v) is 8.98. The van der Waals surface area contributed by atoms with Gasteiger partial charge < -0.3 is 9.84 Å². The Bertz CT molecular complexity index is 895. The third kappa shape index (κ3) is 5.26. The molecule has 138 valence electrons. The molecular weight excluding hydrogens is 364 g/mol. The molecule has 10 heteroatoms. The number of carbonyl (C=O) groups is 1. The van der Waals surface area contributed by atoms with E-state index in [1.807, 2.05) is 0 Å². The van der Waals surface area contributed by atoms with Crippen molar-refractivity contribution in [3.63, 3.8) is 0 Å². The van der Waals surface area contributed by atoms with E-state index in [4.69, 9.17) is 9.84 Å². The Morgan fingerprint density at radius 2 is 1.88 bits per heavy atom. The van der Waals surface area contributed by atoms with Crippen molar-refractivity contribution in [2.24, 2.45) is 0 Å². The molecule has 0 saturated carbocycles. The molecule has 2 aromatic carbocycles. The fraction of sp³-hybridized carbons (Fsp3) is 0.188. The number of ether oxygens (including phenoxy) is 1. The maximum Gasteiger partial charge on any atom is 0.335 e. The average Bonchev–Trinajstić information content (AvgIpc) is 2.61. The molecule has 0 radical (unpaired) electrons. The van der Waals surface area contributed by atoms with Gasteiger partial charge >= 0.3 is 5.97 Å². The highest BCUT2D eigenvalue weighted by molar-refractivity contribution is 7.89. The van der Waals surface area contributed by atoms with E-state index >= 15 is 0 Å². The number of carboxylic acid groups (broad SMARTS) is 1. The second-order valence-corrected chi connectivity index (χ2v) is 6.95. The van der Waals surface area contributed by atoms with Gasteiger partial charge in [-0.05, 0) is 36.8 Å². The van der Waals surface area contributed by atoms with Crippen molar-refractivity contribution in [3.8, 4) is 5.75 Å². The van der Waals surface area contributed by atoms with Gasteiger partial charge in [-0.15, -0.1) is 0 Å². The lowest BCUT2D eigenvalue weighted by atomic mass is 10.2. The standard InChI is InChI=1S/C16H16N2O7S/c19-16(20)12-3-1-4-14(11-12)25-10-2-9-17-26(23,24)15-7-5-13(6-8-15)18(21)22/h1,3-8,11,17H,2,9-10H2,(H,19,20). The van der Waals surface area contributed by atoms with Crippen LogP contribution in [-0.2, 0) is 10.0 Å². The number of benzene rings is 2. The highest BCUT2D eigenvalue weighted by Crippen LogP contribution is 2.16. The summed E-state index contributed by atoms with van der Waals surface area (Å²) < 4.78 is 31.9. The predicted octanol–water partition coefficient (Wildman–Crippen LogP) is 2.04. The summed E-state index contributed by atoms with van der Waals surface area (Å²) in [5.74, 6) is -0.686. The summed E-state index contributed by atoms with van der Waals surface area (Å²) in [6, 6.07) is 10.5. The van der Waals surface area contributed by atoms with Gasteiger partial charge in [0.2, 0.25) is 10.0 Å². The van der Waals surface area contributed by atoms with Gasteiger partial charge in [-0.3, -0.25) is 10.1 Å². The molecule has 0 aliphatic carbocycles. The Labute approximate surface area is 149 Å². The van der Waals surface area contributed by atoms with Gasteiger partial charge in [0, 0.05) is 18.7 Å². The second-order valence-electron chi connectivity index (χ2n) is 5.18. The fourth-order valence-electron chi connectivity index (χ4n) is 2.02. The number of rotatable bonds is 9. The van der Waals surface area contributed by atoms with Gasteiger partial charge in [0.25, 0.3) is 5.69 Å². The topological polar surface area (TPSA) is 136 Å². The maximum atomic E-state index is 12.1. The molecule has 0 bridgehead atoms. The monoisotopic (exact) mass is 380 g/mol. The van der Waals surface area contributed by atoms with Crippen LogP contribution in [0, 0.1) is 10.1 Å². The highest BCUT2D eigenvalue weighted by atomic mass is 32.2. The summed E-state index contributed by atoms with van der Waals surface area (Å²) in [4.78, 5) is 20.8. The number of hydrogen-bond acceptors (Lipinski definition) is 6. The van der Waals surface area contributed by atoms with Crippen LogP contribution in [0.3, 0.4) is 0 Å². The normalized spacial score (nSPS) is 11.1. The minimum absolute atomic E-state index is 0.0711. The van der Waals surface area contributed by atoms with Crippen LogP contribution in [0.25, 0.3) is 0 Å². The average molecular weight is 380 g/mol. The molecule has 9 nitrogen and oxygen atoms in total. The molecule has 2 aromatic rings. The zero-order valence-electron chi connectivity index (χ0n) is 13.5. The molecule has 0 unspecified atom stereocenters. The number of sulfonamides is 1. The summed E-state index contributed by atoms with van der Waals surface area (Å²) in [7, 11) is -3.77. The number of non-ortho nitro benzene ring substituents is 1. The lowest BCUT2D eigenvalue weighted by molar-refractivity contribution is -0.384. The summed E-state index contributed by atoms with van der Waals surface area (Å²) >= 11 is 0. The summed E-state index contributed by atoms with van der Waals surface area (Å²) in [6.07, 6.45) is 0.351. The van der Waals surface area contributed by atoms with E-state index in [0.717, 1.165) is 24.3 Å². The van der Waals surface area contributed by atoms with Crippen LogP contribution >= 0.6 is 0 Å². The third-order valence-corrected chi connectivity index (χ3v) is 4.80. The SMILES string of the molecule is O=C(O)c1cccc(OCCCNS(=O)(=O)c2ccc([N+](=O)[O-])cc2)c1. The van der Waals surface area contributed by atoms with Crippen LogP contribution < -0.4 is 9.46 Å². The van der Waals surface area contributed by atoms with Crippen molar-refractivity contribution in [3.05, 3.63) is 64.2 Å². The summed E-state index contributed by atoms with van der Waals surface area (Å²) in [6.45, 7) is 0.282. The van der Waals surface area contributed by atoms with E-state index in [9.17, 15) is 23.3 Å². The number of nitro benzene ring substituents is 1. The first kappa shape index (κ1) is 19.3. The Morgan fingerprint density at radius 1 is 1.19 bits per heavy atom. The van der Waals surface area contributed by atoms with Crippen LogP contribution in [-0.4, -0.2) is 37.6 Å². The van der Waals surface area contributed by atoms with Gasteiger partial charge in [-0.1, -0.05) is 6.07 Å². The van der Waals surface area contributed by atoms with Crippen LogP contribution in [0.15, 0.2) is 53.4 Å². The molecule has 0 aliphatic heterocycles. The zero-order valence-corrected chi connectivity index (χ0v) is 14.3. The van der Waals surface area contributed by atoms with Crippen molar-refractivity contribution >= 4 is 21.7 Å². The number of carboxylic acids is 1. The number of nitro groups is 1. The Balaban J connectivity index is 1.82. The quantitative estimate of drug-likeness (QED) is 0.386. The van der Waals surface area contributed by atoms with E-state index in [1.54, 1.807) is 12.1 Å². The van der Waals surface area contributed by atoms with Crippen LogP contribution in [0.1, 0.15) is 16.8 Å². The fourth-order valence-corrected chi connectivity index (χ4v) is 3.09. The van der Waals surface area contributed by atoms with E-state index < -0.39 is 20.9 Å². The third-order valence-electron chi connectivity index (χ3n) is 3.32. The second kappa shape index (κ2) is 8.41. The Kier molecular flexibility index (Phi) is 6.26. The number of hydrogen-bond donors (Lipinski definition) is 2. The van der Waals surface area contributed by atoms with Crippen molar-refractivity contribution in [2.75, 3.05) is 13.2 Å². The summed E-state index contributed by atoms with van der Waals surface area (Å²) in [5.41, 5.74) is -0.0951. The number of nitrogens with one attached hydrogen (secondary N) is 1. The van der Waals surface area contributed by atoms with Crippen LogP contribution in [0.5, 0.6) is 5.75 Å². The molecule has 0 saturated heterocycles. The Morgan fingerprint density at radius 3 is 2.50 bits per heavy atom. The van der Waals surface area contributed by atoms with E-state index in [2.05, 4.69) is 4.72 Å². The first-order chi connectivity index (χ1) is 12.3. The zero-order chi connectivity index (χ0) is 19.2. The smallest absolute Gasteiger partial charge is 0.335 e. The molecule has 26 heavy (non-hydrogen) atoms. The van der Waals surface area contributed by atoms with E-state index in [0.29, 0.717) is 12.2 Å². The predicted molar refractivity (Wildman–Crippen MR) is 91.8 cm³/mol. The lowest BCUT2D eigenvalue weighted by Gasteiger charge is -2.08.